The van der Waals surface area contributed by atoms with E-state index in [0.29, 0.717) is 5.56 Å². The average molecular weight is 351 g/mol. The number of nitrogens with zero attached hydrogens (tertiary/aromatic N) is 1. The first kappa shape index (κ1) is 20.6. The van der Waals surface area contributed by atoms with E-state index >= 15 is 0 Å². The Morgan fingerprint density at radius 3 is 1.88 bits per heavy atom. The standard InChI is InChI=1S/C18H25NO6/c1-17(2,3)24-15(20)10-12-7-8-14(19(22)23)13(9-12)11-16(21)25-18(4,5)6/h7-9H,10-11H2,1-6H3. The highest BCUT2D eigenvalue weighted by Crippen LogP contribution is 2.23. The van der Waals surface area contributed by atoms with Crippen molar-refractivity contribution in [2.75, 3.05) is 0 Å². The number of ether oxygens (including phenoxy) is 2. The third kappa shape index (κ3) is 7.78. The van der Waals surface area contributed by atoms with Gasteiger partial charge in [-0.3, -0.25) is 19.7 Å². The number of carbonyl (C=O) groups is 2. The number of nitro groups is 1. The van der Waals surface area contributed by atoms with Gasteiger partial charge in [-0.2, -0.15) is 0 Å². The number of rotatable bonds is 5. The Kier molecular flexibility index (Phi) is 6.29. The van der Waals surface area contributed by atoms with Crippen LogP contribution >= 0.6 is 0 Å². The van der Waals surface area contributed by atoms with E-state index < -0.39 is 28.1 Å². The van der Waals surface area contributed by atoms with E-state index in [-0.39, 0.29) is 24.1 Å². The SMILES string of the molecule is CC(C)(C)OC(=O)Cc1ccc([N+](=O)[O-])c(CC(=O)OC(C)(C)C)c1. The number of nitro benzene ring substituents is 1. The zero-order valence-electron chi connectivity index (χ0n) is 15.5. The van der Waals surface area contributed by atoms with Crippen molar-refractivity contribution in [3.05, 3.63) is 39.4 Å². The summed E-state index contributed by atoms with van der Waals surface area (Å²) in [5.41, 5.74) is -0.727. The molecule has 0 radical (unpaired) electrons. The van der Waals surface area contributed by atoms with Gasteiger partial charge in [-0.15, -0.1) is 0 Å². The smallest absolute Gasteiger partial charge is 0.311 e. The molecule has 0 saturated carbocycles. The molecule has 0 aliphatic rings. The average Bonchev–Trinajstić information content (AvgIpc) is 2.33. The lowest BCUT2D eigenvalue weighted by Gasteiger charge is -2.20. The largest absolute Gasteiger partial charge is 0.460 e. The maximum absolute atomic E-state index is 12.0. The van der Waals surface area contributed by atoms with Crippen LogP contribution in [0.4, 0.5) is 5.69 Å². The highest BCUT2D eigenvalue weighted by molar-refractivity contribution is 5.76. The van der Waals surface area contributed by atoms with Gasteiger partial charge in [0, 0.05) is 11.6 Å². The van der Waals surface area contributed by atoms with Crippen LogP contribution in [0.3, 0.4) is 0 Å². The van der Waals surface area contributed by atoms with Gasteiger partial charge in [-0.25, -0.2) is 0 Å². The molecule has 0 N–H and O–H groups in total. The van der Waals surface area contributed by atoms with Gasteiger partial charge in [0.2, 0.25) is 0 Å². The van der Waals surface area contributed by atoms with Crippen molar-refractivity contribution >= 4 is 17.6 Å². The molecular weight excluding hydrogens is 326 g/mol. The molecule has 25 heavy (non-hydrogen) atoms. The molecule has 0 aliphatic carbocycles. The second-order valence-corrected chi connectivity index (χ2v) is 7.75. The van der Waals surface area contributed by atoms with Gasteiger partial charge >= 0.3 is 11.9 Å². The zero-order chi connectivity index (χ0) is 19.4. The van der Waals surface area contributed by atoms with Crippen LogP contribution in [0, 0.1) is 10.1 Å². The highest BCUT2D eigenvalue weighted by Gasteiger charge is 2.23. The minimum absolute atomic E-state index is 0.0312. The van der Waals surface area contributed by atoms with Gasteiger partial charge < -0.3 is 9.47 Å². The van der Waals surface area contributed by atoms with Crippen molar-refractivity contribution in [2.45, 2.75) is 65.6 Å². The Balaban J connectivity index is 3.00. The summed E-state index contributed by atoms with van der Waals surface area (Å²) in [7, 11) is 0. The number of benzene rings is 1. The van der Waals surface area contributed by atoms with Gasteiger partial charge in [0.15, 0.2) is 0 Å². The molecule has 1 rings (SSSR count). The predicted molar refractivity (Wildman–Crippen MR) is 92.2 cm³/mol. The van der Waals surface area contributed by atoms with E-state index in [1.165, 1.54) is 18.2 Å². The fourth-order valence-electron chi connectivity index (χ4n) is 2.15. The molecule has 0 fully saturated rings. The molecule has 0 spiro atoms. The van der Waals surface area contributed by atoms with Crippen LogP contribution in [0.1, 0.15) is 52.7 Å². The lowest BCUT2D eigenvalue weighted by Crippen LogP contribution is -2.25. The molecule has 0 unspecified atom stereocenters. The molecule has 0 bridgehead atoms. The summed E-state index contributed by atoms with van der Waals surface area (Å²) >= 11 is 0. The molecule has 0 saturated heterocycles. The predicted octanol–water partition coefficient (Wildman–Crippen LogP) is 3.36. The van der Waals surface area contributed by atoms with Gasteiger partial charge in [0.05, 0.1) is 17.8 Å². The van der Waals surface area contributed by atoms with Gasteiger partial charge in [0.25, 0.3) is 5.69 Å². The summed E-state index contributed by atoms with van der Waals surface area (Å²) in [6.07, 6.45) is -0.272. The normalized spacial score (nSPS) is 11.8. The third-order valence-corrected chi connectivity index (χ3v) is 2.86. The maximum atomic E-state index is 12.0. The molecule has 1 aromatic rings. The first-order valence-corrected chi connectivity index (χ1v) is 7.97. The van der Waals surface area contributed by atoms with Gasteiger partial charge in [0.1, 0.15) is 11.2 Å². The monoisotopic (exact) mass is 351 g/mol. The topological polar surface area (TPSA) is 95.7 Å². The summed E-state index contributed by atoms with van der Waals surface area (Å²) in [6.45, 7) is 10.4. The first-order valence-electron chi connectivity index (χ1n) is 7.97. The highest BCUT2D eigenvalue weighted by atomic mass is 16.6. The van der Waals surface area contributed by atoms with Crippen LogP contribution in [0.5, 0.6) is 0 Å². The van der Waals surface area contributed by atoms with Gasteiger partial charge in [-0.1, -0.05) is 6.07 Å². The summed E-state index contributed by atoms with van der Waals surface area (Å²) in [6, 6.07) is 4.26. The number of esters is 2. The van der Waals surface area contributed by atoms with Crippen molar-refractivity contribution in [3.63, 3.8) is 0 Å². The Labute approximate surface area is 147 Å². The Hall–Kier alpha value is -2.44. The summed E-state index contributed by atoms with van der Waals surface area (Å²) in [4.78, 5) is 34.5. The van der Waals surface area contributed by atoms with Crippen molar-refractivity contribution < 1.29 is 24.0 Å². The first-order chi connectivity index (χ1) is 11.3. The Morgan fingerprint density at radius 2 is 1.44 bits per heavy atom. The van der Waals surface area contributed by atoms with Crippen LogP contribution in [-0.2, 0) is 31.9 Å². The lowest BCUT2D eigenvalue weighted by molar-refractivity contribution is -0.385. The van der Waals surface area contributed by atoms with Gasteiger partial charge in [-0.05, 0) is 53.2 Å². The van der Waals surface area contributed by atoms with Crippen molar-refractivity contribution in [2.24, 2.45) is 0 Å². The van der Waals surface area contributed by atoms with Crippen molar-refractivity contribution in [3.8, 4) is 0 Å². The Bertz CT molecular complexity index is 667. The molecule has 7 heteroatoms. The Morgan fingerprint density at radius 1 is 0.960 bits per heavy atom. The molecule has 7 nitrogen and oxygen atoms in total. The van der Waals surface area contributed by atoms with Crippen LogP contribution in [0.2, 0.25) is 0 Å². The molecule has 0 heterocycles. The maximum Gasteiger partial charge on any atom is 0.311 e. The third-order valence-electron chi connectivity index (χ3n) is 2.86. The number of hydrogen-bond acceptors (Lipinski definition) is 6. The molecule has 0 aliphatic heterocycles. The fourth-order valence-corrected chi connectivity index (χ4v) is 2.15. The fraction of sp³-hybridized carbons (Fsp3) is 0.556. The molecule has 138 valence electrons. The minimum Gasteiger partial charge on any atom is -0.460 e. The number of carbonyl (C=O) groups excluding carboxylic acids is 2. The van der Waals surface area contributed by atoms with E-state index in [2.05, 4.69) is 0 Å². The second kappa shape index (κ2) is 7.63. The molecular formula is C18H25NO6. The second-order valence-electron chi connectivity index (χ2n) is 7.75. The van der Waals surface area contributed by atoms with Crippen molar-refractivity contribution in [1.82, 2.24) is 0 Å². The summed E-state index contributed by atoms with van der Waals surface area (Å²) in [5.74, 6) is -1.01. The lowest BCUT2D eigenvalue weighted by atomic mass is 10.0. The quantitative estimate of drug-likeness (QED) is 0.458. The van der Waals surface area contributed by atoms with E-state index in [9.17, 15) is 19.7 Å². The van der Waals surface area contributed by atoms with Crippen LogP contribution in [-0.4, -0.2) is 28.1 Å². The minimum atomic E-state index is -0.681. The van der Waals surface area contributed by atoms with E-state index in [1.54, 1.807) is 41.5 Å². The van der Waals surface area contributed by atoms with Crippen LogP contribution in [0.15, 0.2) is 18.2 Å². The van der Waals surface area contributed by atoms with Crippen molar-refractivity contribution in [1.29, 1.82) is 0 Å². The summed E-state index contributed by atoms with van der Waals surface area (Å²) < 4.78 is 10.5. The molecule has 0 aromatic heterocycles. The van der Waals surface area contributed by atoms with E-state index in [4.69, 9.17) is 9.47 Å². The van der Waals surface area contributed by atoms with E-state index in [0.717, 1.165) is 0 Å². The molecule has 1 aromatic carbocycles. The molecule has 0 atom stereocenters. The van der Waals surface area contributed by atoms with Crippen LogP contribution < -0.4 is 0 Å². The number of hydrogen-bond donors (Lipinski definition) is 0. The summed E-state index contributed by atoms with van der Waals surface area (Å²) in [5, 5.41) is 11.2. The van der Waals surface area contributed by atoms with E-state index in [1.807, 2.05) is 0 Å². The zero-order valence-corrected chi connectivity index (χ0v) is 15.5. The van der Waals surface area contributed by atoms with Crippen LogP contribution in [0.25, 0.3) is 0 Å². The molecule has 0 amide bonds.